The Balaban J connectivity index is 1.01. The Morgan fingerprint density at radius 3 is 2.58 bits per heavy atom. The Labute approximate surface area is 219 Å². The molecule has 3 aliphatic heterocycles. The molecule has 2 amide bonds. The number of thiophene rings is 1. The molecule has 1 aromatic carbocycles. The third-order valence-electron chi connectivity index (χ3n) is 7.32. The summed E-state index contributed by atoms with van der Waals surface area (Å²) in [6.45, 7) is 5.72. The Morgan fingerprint density at radius 1 is 1.03 bits per heavy atom. The van der Waals surface area contributed by atoms with Gasteiger partial charge in [0, 0.05) is 31.7 Å². The van der Waals surface area contributed by atoms with Gasteiger partial charge in [-0.3, -0.25) is 14.5 Å². The van der Waals surface area contributed by atoms with E-state index in [4.69, 9.17) is 0 Å². The molecule has 6 rings (SSSR count). The number of nitrogens with zero attached hydrogens (tertiary/aromatic N) is 3. The fourth-order valence-electron chi connectivity index (χ4n) is 5.18. The second-order valence-electron chi connectivity index (χ2n) is 9.95. The van der Waals surface area contributed by atoms with Gasteiger partial charge in [0.05, 0.1) is 25.8 Å². The van der Waals surface area contributed by atoms with Gasteiger partial charge in [0.15, 0.2) is 0 Å². The Morgan fingerprint density at radius 2 is 1.83 bits per heavy atom. The number of benzene rings is 1. The number of rotatable bonds is 7. The Kier molecular flexibility index (Phi) is 6.88. The standard InChI is InChI=1S/C27H31N5O2S2/c33-25(21-4-3-11-28-21)30-24-10-9-22(35-24)27(34)32-16-20(17-32)26-29-14-23(36-26)19-7-5-18(6-8-19)15-31-12-1-2-13-31/h5-10,14,20-21,28H,1-4,11-13,15-17H2,(H,30,33)/t21-/m0/s1. The molecule has 5 heterocycles. The summed E-state index contributed by atoms with van der Waals surface area (Å²) in [4.78, 5) is 36.2. The van der Waals surface area contributed by atoms with Crippen molar-refractivity contribution in [3.8, 4) is 10.4 Å². The van der Waals surface area contributed by atoms with Crippen molar-refractivity contribution >= 4 is 39.5 Å². The van der Waals surface area contributed by atoms with E-state index in [-0.39, 0.29) is 23.8 Å². The molecule has 9 heteroatoms. The number of carbonyl (C=O) groups is 2. The van der Waals surface area contributed by atoms with Crippen LogP contribution in [0.4, 0.5) is 5.00 Å². The maximum absolute atomic E-state index is 12.9. The number of hydrogen-bond donors (Lipinski definition) is 2. The lowest BCUT2D eigenvalue weighted by Crippen LogP contribution is -2.48. The molecule has 3 aromatic rings. The summed E-state index contributed by atoms with van der Waals surface area (Å²) in [6, 6.07) is 12.4. The number of thiazole rings is 1. The largest absolute Gasteiger partial charge is 0.336 e. The first kappa shape index (κ1) is 23.8. The van der Waals surface area contributed by atoms with E-state index in [0.717, 1.165) is 35.9 Å². The van der Waals surface area contributed by atoms with Gasteiger partial charge in [-0.25, -0.2) is 4.98 Å². The van der Waals surface area contributed by atoms with Crippen LogP contribution in [0.25, 0.3) is 10.4 Å². The monoisotopic (exact) mass is 521 g/mol. The van der Waals surface area contributed by atoms with E-state index in [1.165, 1.54) is 53.3 Å². The van der Waals surface area contributed by atoms with Crippen molar-refractivity contribution in [1.82, 2.24) is 20.1 Å². The van der Waals surface area contributed by atoms with Crippen molar-refractivity contribution in [2.45, 2.75) is 44.2 Å². The van der Waals surface area contributed by atoms with Crippen LogP contribution in [-0.2, 0) is 11.3 Å². The zero-order valence-electron chi connectivity index (χ0n) is 20.2. The minimum atomic E-state index is -0.126. The second-order valence-corrected chi connectivity index (χ2v) is 12.1. The van der Waals surface area contributed by atoms with Crippen molar-refractivity contribution in [1.29, 1.82) is 0 Å². The highest BCUT2D eigenvalue weighted by atomic mass is 32.1. The maximum atomic E-state index is 12.9. The first-order valence-electron chi connectivity index (χ1n) is 12.8. The quantitative estimate of drug-likeness (QED) is 0.482. The predicted molar refractivity (Wildman–Crippen MR) is 145 cm³/mol. The van der Waals surface area contributed by atoms with Crippen molar-refractivity contribution in [3.63, 3.8) is 0 Å². The minimum Gasteiger partial charge on any atom is -0.336 e. The molecular weight excluding hydrogens is 490 g/mol. The van der Waals surface area contributed by atoms with Gasteiger partial charge in [0.1, 0.15) is 0 Å². The fraction of sp³-hybridized carbons (Fsp3) is 0.444. The molecule has 0 unspecified atom stereocenters. The van der Waals surface area contributed by atoms with Crippen LogP contribution in [0.2, 0.25) is 0 Å². The van der Waals surface area contributed by atoms with E-state index in [1.807, 2.05) is 23.2 Å². The molecule has 7 nitrogen and oxygen atoms in total. The van der Waals surface area contributed by atoms with Crippen LogP contribution in [0.3, 0.4) is 0 Å². The average molecular weight is 522 g/mol. The summed E-state index contributed by atoms with van der Waals surface area (Å²) in [7, 11) is 0. The summed E-state index contributed by atoms with van der Waals surface area (Å²) >= 11 is 3.08. The number of hydrogen-bond acceptors (Lipinski definition) is 7. The van der Waals surface area contributed by atoms with Gasteiger partial charge in [-0.1, -0.05) is 24.3 Å². The van der Waals surface area contributed by atoms with Gasteiger partial charge in [0.25, 0.3) is 5.91 Å². The van der Waals surface area contributed by atoms with Crippen molar-refractivity contribution in [2.75, 3.05) is 38.0 Å². The summed E-state index contributed by atoms with van der Waals surface area (Å²) in [6.07, 6.45) is 6.48. The van der Waals surface area contributed by atoms with Gasteiger partial charge in [-0.2, -0.15) is 0 Å². The van der Waals surface area contributed by atoms with Gasteiger partial charge < -0.3 is 15.5 Å². The van der Waals surface area contributed by atoms with Crippen molar-refractivity contribution < 1.29 is 9.59 Å². The SMILES string of the molecule is O=C(Nc1ccc(C(=O)N2CC(c3ncc(-c4ccc(CN5CCCC5)cc4)s3)C2)s1)[C@@H]1CCCN1. The van der Waals surface area contributed by atoms with E-state index in [2.05, 4.69) is 44.8 Å². The number of amides is 2. The molecule has 0 aliphatic carbocycles. The molecule has 0 spiro atoms. The number of anilines is 1. The molecule has 3 aliphatic rings. The first-order valence-corrected chi connectivity index (χ1v) is 14.5. The molecule has 2 N–H and O–H groups in total. The van der Waals surface area contributed by atoms with E-state index in [1.54, 1.807) is 11.3 Å². The van der Waals surface area contributed by atoms with Crippen LogP contribution in [0.15, 0.2) is 42.6 Å². The molecule has 2 aromatic heterocycles. The number of carbonyl (C=O) groups excluding carboxylic acids is 2. The third kappa shape index (κ3) is 5.11. The molecule has 1 atom stereocenters. The third-order valence-corrected chi connectivity index (χ3v) is 9.52. The lowest BCUT2D eigenvalue weighted by atomic mass is 10.0. The minimum absolute atomic E-state index is 0.0156. The van der Waals surface area contributed by atoms with E-state index >= 15 is 0 Å². The summed E-state index contributed by atoms with van der Waals surface area (Å²) in [5.41, 5.74) is 2.57. The lowest BCUT2D eigenvalue weighted by molar-refractivity contribution is -0.117. The van der Waals surface area contributed by atoms with Gasteiger partial charge in [0.2, 0.25) is 5.91 Å². The number of nitrogens with one attached hydrogen (secondary N) is 2. The molecule has 3 fully saturated rings. The maximum Gasteiger partial charge on any atom is 0.264 e. The van der Waals surface area contributed by atoms with Crippen LogP contribution in [0.5, 0.6) is 0 Å². The van der Waals surface area contributed by atoms with E-state index in [0.29, 0.717) is 18.0 Å². The highest BCUT2D eigenvalue weighted by Gasteiger charge is 2.35. The lowest BCUT2D eigenvalue weighted by Gasteiger charge is -2.37. The van der Waals surface area contributed by atoms with E-state index in [9.17, 15) is 9.59 Å². The van der Waals surface area contributed by atoms with Crippen LogP contribution in [-0.4, -0.2) is 65.4 Å². The molecule has 0 saturated carbocycles. The van der Waals surface area contributed by atoms with Crippen molar-refractivity contribution in [3.05, 3.63) is 58.0 Å². The second kappa shape index (κ2) is 10.4. The first-order chi connectivity index (χ1) is 17.6. The Hall–Kier alpha value is -2.59. The predicted octanol–water partition coefficient (Wildman–Crippen LogP) is 4.40. The smallest absolute Gasteiger partial charge is 0.264 e. The Bertz CT molecular complexity index is 1220. The molecule has 36 heavy (non-hydrogen) atoms. The van der Waals surface area contributed by atoms with Crippen LogP contribution in [0.1, 0.15) is 51.8 Å². The van der Waals surface area contributed by atoms with Gasteiger partial charge >= 0.3 is 0 Å². The molecule has 0 bridgehead atoms. The highest BCUT2D eigenvalue weighted by molar-refractivity contribution is 7.18. The van der Waals surface area contributed by atoms with E-state index < -0.39 is 0 Å². The molecule has 188 valence electrons. The normalized spacial score (nSPS) is 20.6. The molecule has 0 radical (unpaired) electrons. The number of likely N-dealkylation sites (tertiary alicyclic amines) is 2. The fourth-order valence-corrected chi connectivity index (χ4v) is 7.06. The zero-order chi connectivity index (χ0) is 24.5. The molecular formula is C27H31N5O2S2. The van der Waals surface area contributed by atoms with Crippen LogP contribution in [0, 0.1) is 0 Å². The summed E-state index contributed by atoms with van der Waals surface area (Å²) in [5, 5.41) is 7.97. The van der Waals surface area contributed by atoms with Crippen LogP contribution >= 0.6 is 22.7 Å². The zero-order valence-corrected chi connectivity index (χ0v) is 21.9. The average Bonchev–Trinajstić information content (AvgIpc) is 3.67. The topological polar surface area (TPSA) is 77.6 Å². The van der Waals surface area contributed by atoms with Gasteiger partial charge in [-0.15, -0.1) is 22.7 Å². The van der Waals surface area contributed by atoms with Gasteiger partial charge in [-0.05, 0) is 68.6 Å². The summed E-state index contributed by atoms with van der Waals surface area (Å²) in [5.74, 6) is 0.300. The number of aromatic nitrogens is 1. The molecule has 3 saturated heterocycles. The van der Waals surface area contributed by atoms with Crippen LogP contribution < -0.4 is 10.6 Å². The highest BCUT2D eigenvalue weighted by Crippen LogP contribution is 2.36. The summed E-state index contributed by atoms with van der Waals surface area (Å²) < 4.78 is 0. The van der Waals surface area contributed by atoms with Crippen molar-refractivity contribution in [2.24, 2.45) is 0 Å².